The summed E-state index contributed by atoms with van der Waals surface area (Å²) in [6, 6.07) is 19.0. The molecule has 0 saturated heterocycles. The molecule has 0 bridgehead atoms. The molecule has 0 atom stereocenters. The first-order chi connectivity index (χ1) is 12.4. The van der Waals surface area contributed by atoms with E-state index in [2.05, 4.69) is 10.0 Å². The molecule has 0 aromatic heterocycles. The molecule has 3 aromatic carbocycles. The van der Waals surface area contributed by atoms with Crippen molar-refractivity contribution in [1.29, 1.82) is 0 Å². The van der Waals surface area contributed by atoms with Crippen LogP contribution in [0.25, 0.3) is 10.8 Å². The van der Waals surface area contributed by atoms with Gasteiger partial charge in [0.05, 0.1) is 16.1 Å². The predicted molar refractivity (Wildman–Crippen MR) is 104 cm³/mol. The van der Waals surface area contributed by atoms with E-state index in [4.69, 9.17) is 0 Å². The van der Waals surface area contributed by atoms with Gasteiger partial charge in [0.15, 0.2) is 0 Å². The molecule has 0 unspecified atom stereocenters. The Balaban J connectivity index is 1.95. The highest BCUT2D eigenvalue weighted by Gasteiger charge is 2.19. The number of anilines is 1. The van der Waals surface area contributed by atoms with Gasteiger partial charge in [0.2, 0.25) is 0 Å². The molecule has 0 spiro atoms. The van der Waals surface area contributed by atoms with Gasteiger partial charge in [-0.25, -0.2) is 8.42 Å². The van der Waals surface area contributed by atoms with E-state index in [1.165, 1.54) is 0 Å². The molecule has 0 aliphatic carbocycles. The van der Waals surface area contributed by atoms with E-state index in [1.807, 2.05) is 38.1 Å². The van der Waals surface area contributed by atoms with Crippen LogP contribution in [0.1, 0.15) is 24.2 Å². The predicted octanol–water partition coefficient (Wildman–Crippen LogP) is 3.78. The van der Waals surface area contributed by atoms with E-state index >= 15 is 0 Å². The van der Waals surface area contributed by atoms with Crippen molar-refractivity contribution >= 4 is 32.4 Å². The van der Waals surface area contributed by atoms with E-state index in [0.717, 1.165) is 10.8 Å². The lowest BCUT2D eigenvalue weighted by molar-refractivity contribution is 0.0944. The highest BCUT2D eigenvalue weighted by Crippen LogP contribution is 2.23. The number of benzene rings is 3. The average Bonchev–Trinajstić information content (AvgIpc) is 2.61. The zero-order valence-electron chi connectivity index (χ0n) is 14.6. The Morgan fingerprint density at radius 2 is 1.54 bits per heavy atom. The maximum Gasteiger partial charge on any atom is 0.261 e. The molecule has 2 N–H and O–H groups in total. The molecule has 0 radical (unpaired) electrons. The van der Waals surface area contributed by atoms with Crippen LogP contribution >= 0.6 is 0 Å². The first-order valence-electron chi connectivity index (χ1n) is 8.28. The Morgan fingerprint density at radius 1 is 0.885 bits per heavy atom. The molecule has 0 fully saturated rings. The number of fused-ring (bicyclic) bond motifs is 1. The average molecular weight is 368 g/mol. The molecular formula is C20H20N2O3S. The fraction of sp³-hybridized carbons (Fsp3) is 0.150. The maximum atomic E-state index is 12.8. The maximum absolute atomic E-state index is 12.8. The van der Waals surface area contributed by atoms with Gasteiger partial charge < -0.3 is 5.32 Å². The quantitative estimate of drug-likeness (QED) is 0.720. The molecule has 0 heterocycles. The molecule has 5 nitrogen and oxygen atoms in total. The van der Waals surface area contributed by atoms with Gasteiger partial charge in [0.1, 0.15) is 0 Å². The van der Waals surface area contributed by atoms with Crippen LogP contribution in [0.5, 0.6) is 0 Å². The Bertz CT molecular complexity index is 1060. The number of hydrogen-bond donors (Lipinski definition) is 2. The van der Waals surface area contributed by atoms with E-state index in [-0.39, 0.29) is 28.1 Å². The Hall–Kier alpha value is -2.86. The zero-order valence-corrected chi connectivity index (χ0v) is 15.4. The van der Waals surface area contributed by atoms with Crippen molar-refractivity contribution < 1.29 is 13.2 Å². The summed E-state index contributed by atoms with van der Waals surface area (Å²) in [5, 5.41) is 4.57. The minimum Gasteiger partial charge on any atom is -0.350 e. The first-order valence-corrected chi connectivity index (χ1v) is 9.76. The number of sulfonamides is 1. The molecule has 0 aliphatic rings. The molecule has 6 heteroatoms. The molecule has 0 saturated carbocycles. The lowest BCUT2D eigenvalue weighted by Gasteiger charge is -2.14. The van der Waals surface area contributed by atoms with Gasteiger partial charge in [-0.1, -0.05) is 42.5 Å². The molecule has 3 rings (SSSR count). The van der Waals surface area contributed by atoms with Crippen LogP contribution in [-0.4, -0.2) is 20.4 Å². The number of amides is 1. The first kappa shape index (κ1) is 17.9. The van der Waals surface area contributed by atoms with Crippen LogP contribution in [0.3, 0.4) is 0 Å². The zero-order chi connectivity index (χ0) is 18.7. The molecular weight excluding hydrogens is 348 g/mol. The third kappa shape index (κ3) is 3.86. The fourth-order valence-electron chi connectivity index (χ4n) is 2.65. The summed E-state index contributed by atoms with van der Waals surface area (Å²) in [4.78, 5) is 12.5. The summed E-state index contributed by atoms with van der Waals surface area (Å²) in [7, 11) is -3.82. The fourth-order valence-corrected chi connectivity index (χ4v) is 3.76. The lowest BCUT2D eigenvalue weighted by Crippen LogP contribution is -2.31. The second-order valence-corrected chi connectivity index (χ2v) is 7.97. The van der Waals surface area contributed by atoms with E-state index < -0.39 is 10.0 Å². The summed E-state index contributed by atoms with van der Waals surface area (Å²) >= 11 is 0. The monoisotopic (exact) mass is 368 g/mol. The van der Waals surface area contributed by atoms with E-state index in [1.54, 1.807) is 42.5 Å². The summed E-state index contributed by atoms with van der Waals surface area (Å²) < 4.78 is 28.1. The summed E-state index contributed by atoms with van der Waals surface area (Å²) in [6.45, 7) is 3.69. The van der Waals surface area contributed by atoms with Crippen LogP contribution in [0, 0.1) is 0 Å². The van der Waals surface area contributed by atoms with Gasteiger partial charge in [0.25, 0.3) is 15.9 Å². The number of nitrogens with one attached hydrogen (secondary N) is 2. The van der Waals surface area contributed by atoms with Crippen LogP contribution in [0.2, 0.25) is 0 Å². The Morgan fingerprint density at radius 3 is 2.27 bits per heavy atom. The number of hydrogen-bond acceptors (Lipinski definition) is 3. The van der Waals surface area contributed by atoms with Gasteiger partial charge in [0, 0.05) is 6.04 Å². The van der Waals surface area contributed by atoms with Crippen LogP contribution in [0.15, 0.2) is 71.6 Å². The van der Waals surface area contributed by atoms with E-state index in [0.29, 0.717) is 0 Å². The Kier molecular flexibility index (Phi) is 4.95. The third-order valence-electron chi connectivity index (χ3n) is 3.87. The minimum atomic E-state index is -3.82. The van der Waals surface area contributed by atoms with Crippen molar-refractivity contribution in [3.05, 3.63) is 72.3 Å². The van der Waals surface area contributed by atoms with Gasteiger partial charge in [-0.2, -0.15) is 0 Å². The molecule has 0 aliphatic heterocycles. The van der Waals surface area contributed by atoms with Gasteiger partial charge in [-0.3, -0.25) is 9.52 Å². The normalized spacial score (nSPS) is 11.5. The third-order valence-corrected chi connectivity index (χ3v) is 5.23. The second-order valence-electron chi connectivity index (χ2n) is 6.29. The number of carbonyl (C=O) groups excluding carboxylic acids is 1. The largest absolute Gasteiger partial charge is 0.350 e. The molecule has 134 valence electrons. The van der Waals surface area contributed by atoms with Crippen molar-refractivity contribution in [2.24, 2.45) is 0 Å². The van der Waals surface area contributed by atoms with Gasteiger partial charge in [-0.15, -0.1) is 0 Å². The van der Waals surface area contributed by atoms with Crippen LogP contribution in [-0.2, 0) is 10.0 Å². The van der Waals surface area contributed by atoms with Gasteiger partial charge in [-0.05, 0) is 48.9 Å². The second kappa shape index (κ2) is 7.17. The number of para-hydroxylation sites is 1. The van der Waals surface area contributed by atoms with Crippen molar-refractivity contribution in [3.63, 3.8) is 0 Å². The molecule has 1 amide bonds. The topological polar surface area (TPSA) is 75.3 Å². The smallest absolute Gasteiger partial charge is 0.261 e. The summed E-state index contributed by atoms with van der Waals surface area (Å²) in [5.74, 6) is -0.322. The Labute approximate surface area is 153 Å². The lowest BCUT2D eigenvalue weighted by atomic mass is 10.1. The number of rotatable bonds is 5. The highest BCUT2D eigenvalue weighted by molar-refractivity contribution is 7.92. The highest BCUT2D eigenvalue weighted by atomic mass is 32.2. The van der Waals surface area contributed by atoms with E-state index in [9.17, 15) is 13.2 Å². The molecule has 26 heavy (non-hydrogen) atoms. The number of carbonyl (C=O) groups is 1. The van der Waals surface area contributed by atoms with Crippen molar-refractivity contribution in [2.45, 2.75) is 24.8 Å². The standard InChI is InChI=1S/C20H20N2O3S/c1-14(2)21-20(23)18-9-5-6-10-19(18)22-26(24,25)17-12-11-15-7-3-4-8-16(15)13-17/h3-14,22H,1-2H3,(H,21,23). The van der Waals surface area contributed by atoms with Crippen LogP contribution in [0.4, 0.5) is 5.69 Å². The van der Waals surface area contributed by atoms with Crippen molar-refractivity contribution in [1.82, 2.24) is 5.32 Å². The van der Waals surface area contributed by atoms with Crippen molar-refractivity contribution in [3.8, 4) is 0 Å². The minimum absolute atomic E-state index is 0.0485. The molecule has 3 aromatic rings. The summed E-state index contributed by atoms with van der Waals surface area (Å²) in [6.07, 6.45) is 0. The summed E-state index contributed by atoms with van der Waals surface area (Å²) in [5.41, 5.74) is 0.532. The van der Waals surface area contributed by atoms with Gasteiger partial charge >= 0.3 is 0 Å². The van der Waals surface area contributed by atoms with Crippen molar-refractivity contribution in [2.75, 3.05) is 4.72 Å². The SMILES string of the molecule is CC(C)NC(=O)c1ccccc1NS(=O)(=O)c1ccc2ccccc2c1. The van der Waals surface area contributed by atoms with Crippen LogP contribution < -0.4 is 10.0 Å².